The van der Waals surface area contributed by atoms with Gasteiger partial charge in [-0.2, -0.15) is 0 Å². The highest BCUT2D eigenvalue weighted by atomic mass is 32.2. The zero-order valence-electron chi connectivity index (χ0n) is 10.7. The highest BCUT2D eigenvalue weighted by molar-refractivity contribution is 7.89. The van der Waals surface area contributed by atoms with E-state index in [2.05, 4.69) is 14.8 Å². The normalized spacial score (nSPS) is 12.4. The van der Waals surface area contributed by atoms with Gasteiger partial charge in [0.05, 0.1) is 4.90 Å². The van der Waals surface area contributed by atoms with Crippen LogP contribution < -0.4 is 14.8 Å². The Labute approximate surface area is 115 Å². The first-order valence-corrected chi connectivity index (χ1v) is 7.23. The first-order valence-electron chi connectivity index (χ1n) is 5.75. The van der Waals surface area contributed by atoms with Crippen molar-refractivity contribution in [2.24, 2.45) is 0 Å². The first kappa shape index (κ1) is 16.7. The second kappa shape index (κ2) is 6.91. The maximum absolute atomic E-state index is 12.1. The molecule has 0 heterocycles. The molecular weight excluding hydrogens is 297 g/mol. The highest BCUT2D eigenvalue weighted by Gasteiger charge is 2.31. The number of sulfonamides is 1. The lowest BCUT2D eigenvalue weighted by Crippen LogP contribution is -2.27. The monoisotopic (exact) mass is 312 g/mol. The summed E-state index contributed by atoms with van der Waals surface area (Å²) in [5.74, 6) is -0.574. The quantitative estimate of drug-likeness (QED) is 0.748. The van der Waals surface area contributed by atoms with Gasteiger partial charge in [0.2, 0.25) is 10.0 Å². The van der Waals surface area contributed by atoms with Gasteiger partial charge in [-0.25, -0.2) is 13.1 Å². The van der Waals surface area contributed by atoms with E-state index in [0.29, 0.717) is 13.0 Å². The van der Waals surface area contributed by atoms with E-state index in [1.54, 1.807) is 7.05 Å². The van der Waals surface area contributed by atoms with Gasteiger partial charge in [0.25, 0.3) is 0 Å². The standard InChI is InChI=1S/C11H15F3N2O3S/c1-15-6-3-7-16-20(17,18)10-5-2-4-9(8-10)19-11(12,13)14/h2,4-5,8,15-16H,3,6-7H2,1H3. The molecule has 0 amide bonds. The number of ether oxygens (including phenoxy) is 1. The summed E-state index contributed by atoms with van der Waals surface area (Å²) < 4.78 is 65.9. The highest BCUT2D eigenvalue weighted by Crippen LogP contribution is 2.24. The van der Waals surface area contributed by atoms with E-state index in [1.165, 1.54) is 12.1 Å². The summed E-state index contributed by atoms with van der Waals surface area (Å²) in [6.45, 7) is 0.813. The molecule has 9 heteroatoms. The Morgan fingerprint density at radius 3 is 2.55 bits per heavy atom. The molecular formula is C11H15F3N2O3S. The molecule has 0 bridgehead atoms. The summed E-state index contributed by atoms with van der Waals surface area (Å²) in [6, 6.07) is 4.24. The molecule has 0 aliphatic heterocycles. The van der Waals surface area contributed by atoms with Gasteiger partial charge in [-0.3, -0.25) is 0 Å². The third-order valence-corrected chi connectivity index (χ3v) is 3.70. The Balaban J connectivity index is 2.77. The summed E-state index contributed by atoms with van der Waals surface area (Å²) in [6.07, 6.45) is -4.29. The fraction of sp³-hybridized carbons (Fsp3) is 0.455. The van der Waals surface area contributed by atoms with Crippen LogP contribution in [0.1, 0.15) is 6.42 Å². The minimum absolute atomic E-state index is 0.188. The van der Waals surface area contributed by atoms with Gasteiger partial charge in [0.1, 0.15) is 5.75 Å². The lowest BCUT2D eigenvalue weighted by Gasteiger charge is -2.11. The van der Waals surface area contributed by atoms with Gasteiger partial charge in [-0.15, -0.1) is 13.2 Å². The van der Waals surface area contributed by atoms with E-state index in [9.17, 15) is 21.6 Å². The maximum atomic E-state index is 12.1. The number of nitrogens with one attached hydrogen (secondary N) is 2. The topological polar surface area (TPSA) is 67.4 Å². The van der Waals surface area contributed by atoms with Gasteiger partial charge in [-0.1, -0.05) is 6.07 Å². The molecule has 1 aromatic rings. The third-order valence-electron chi connectivity index (χ3n) is 2.25. The Morgan fingerprint density at radius 2 is 1.95 bits per heavy atom. The number of halogens is 3. The van der Waals surface area contributed by atoms with Crippen molar-refractivity contribution in [3.8, 4) is 5.75 Å². The van der Waals surface area contributed by atoms with Crippen molar-refractivity contribution in [1.29, 1.82) is 0 Å². The van der Waals surface area contributed by atoms with Crippen LogP contribution in [-0.4, -0.2) is 34.9 Å². The van der Waals surface area contributed by atoms with Crippen LogP contribution in [0.2, 0.25) is 0 Å². The van der Waals surface area contributed by atoms with Crippen LogP contribution >= 0.6 is 0 Å². The predicted molar refractivity (Wildman–Crippen MR) is 66.9 cm³/mol. The van der Waals surface area contributed by atoms with Crippen LogP contribution in [-0.2, 0) is 10.0 Å². The second-order valence-corrected chi connectivity index (χ2v) is 5.64. The molecule has 0 unspecified atom stereocenters. The van der Waals surface area contributed by atoms with Crippen molar-refractivity contribution in [1.82, 2.24) is 10.0 Å². The molecule has 0 aliphatic carbocycles. The van der Waals surface area contributed by atoms with Crippen molar-refractivity contribution in [2.45, 2.75) is 17.7 Å². The Kier molecular flexibility index (Phi) is 5.78. The zero-order chi connectivity index (χ0) is 15.2. The van der Waals surface area contributed by atoms with Crippen LogP contribution in [0.25, 0.3) is 0 Å². The molecule has 20 heavy (non-hydrogen) atoms. The zero-order valence-corrected chi connectivity index (χ0v) is 11.5. The molecule has 0 aliphatic rings. The summed E-state index contributed by atoms with van der Waals surface area (Å²) in [4.78, 5) is -0.274. The van der Waals surface area contributed by atoms with Gasteiger partial charge in [0.15, 0.2) is 0 Å². The Hall–Kier alpha value is -1.32. The summed E-state index contributed by atoms with van der Waals surface area (Å²) >= 11 is 0. The molecule has 114 valence electrons. The average Bonchev–Trinajstić information content (AvgIpc) is 2.33. The average molecular weight is 312 g/mol. The summed E-state index contributed by atoms with van der Waals surface area (Å²) in [7, 11) is -2.12. The van der Waals surface area contributed by atoms with Crippen LogP contribution in [0.3, 0.4) is 0 Å². The molecule has 0 fully saturated rings. The number of benzene rings is 1. The Morgan fingerprint density at radius 1 is 1.25 bits per heavy atom. The second-order valence-electron chi connectivity index (χ2n) is 3.88. The van der Waals surface area contributed by atoms with E-state index in [0.717, 1.165) is 12.1 Å². The molecule has 5 nitrogen and oxygen atoms in total. The summed E-state index contributed by atoms with van der Waals surface area (Å²) in [5, 5.41) is 2.85. The maximum Gasteiger partial charge on any atom is 0.573 e. The summed E-state index contributed by atoms with van der Waals surface area (Å²) in [5.41, 5.74) is 0. The molecule has 0 spiro atoms. The number of rotatable bonds is 7. The molecule has 1 aromatic carbocycles. The third kappa shape index (κ3) is 5.76. The minimum atomic E-state index is -4.86. The first-order chi connectivity index (χ1) is 9.24. The lowest BCUT2D eigenvalue weighted by atomic mass is 10.3. The van der Waals surface area contributed by atoms with Crippen LogP contribution in [0, 0.1) is 0 Å². The SMILES string of the molecule is CNCCCNS(=O)(=O)c1cccc(OC(F)(F)F)c1. The van der Waals surface area contributed by atoms with Crippen molar-refractivity contribution in [3.63, 3.8) is 0 Å². The molecule has 0 saturated heterocycles. The van der Waals surface area contributed by atoms with Crippen molar-refractivity contribution >= 4 is 10.0 Å². The van der Waals surface area contributed by atoms with E-state index in [4.69, 9.17) is 0 Å². The van der Waals surface area contributed by atoms with Gasteiger partial charge in [0, 0.05) is 12.6 Å². The lowest BCUT2D eigenvalue weighted by molar-refractivity contribution is -0.274. The van der Waals surface area contributed by atoms with Crippen molar-refractivity contribution in [2.75, 3.05) is 20.1 Å². The molecule has 0 saturated carbocycles. The molecule has 1 rings (SSSR count). The van der Waals surface area contributed by atoms with E-state index in [-0.39, 0.29) is 11.4 Å². The number of alkyl halides is 3. The smallest absolute Gasteiger partial charge is 0.406 e. The van der Waals surface area contributed by atoms with Gasteiger partial charge in [-0.05, 0) is 32.1 Å². The minimum Gasteiger partial charge on any atom is -0.406 e. The van der Waals surface area contributed by atoms with Crippen LogP contribution in [0.4, 0.5) is 13.2 Å². The van der Waals surface area contributed by atoms with E-state index in [1.807, 2.05) is 0 Å². The largest absolute Gasteiger partial charge is 0.573 e. The fourth-order valence-electron chi connectivity index (χ4n) is 1.39. The number of hydrogen-bond acceptors (Lipinski definition) is 4. The molecule has 0 radical (unpaired) electrons. The van der Waals surface area contributed by atoms with E-state index >= 15 is 0 Å². The van der Waals surface area contributed by atoms with Crippen molar-refractivity contribution in [3.05, 3.63) is 24.3 Å². The van der Waals surface area contributed by atoms with Crippen molar-refractivity contribution < 1.29 is 26.3 Å². The van der Waals surface area contributed by atoms with Crippen LogP contribution in [0.15, 0.2) is 29.2 Å². The number of hydrogen-bond donors (Lipinski definition) is 2. The Bertz CT molecular complexity index is 532. The molecule has 2 N–H and O–H groups in total. The fourth-order valence-corrected chi connectivity index (χ4v) is 2.50. The van der Waals surface area contributed by atoms with Gasteiger partial charge < -0.3 is 10.1 Å². The predicted octanol–water partition coefficient (Wildman–Crippen LogP) is 1.47. The van der Waals surface area contributed by atoms with Crippen LogP contribution in [0.5, 0.6) is 5.75 Å². The van der Waals surface area contributed by atoms with E-state index < -0.39 is 22.1 Å². The molecule has 0 atom stereocenters. The van der Waals surface area contributed by atoms with Gasteiger partial charge >= 0.3 is 6.36 Å². The molecule has 0 aromatic heterocycles.